The summed E-state index contributed by atoms with van der Waals surface area (Å²) >= 11 is 0. The lowest BCUT2D eigenvalue weighted by atomic mass is 10.0. The Kier molecular flexibility index (Phi) is 7.40. The number of benzene rings is 3. The van der Waals surface area contributed by atoms with Crippen LogP contribution in [0.15, 0.2) is 85.2 Å². The molecule has 34 heavy (non-hydrogen) atoms. The first-order chi connectivity index (χ1) is 16.5. The van der Waals surface area contributed by atoms with Gasteiger partial charge in [0.1, 0.15) is 11.8 Å². The van der Waals surface area contributed by atoms with E-state index in [0.717, 1.165) is 23.1 Å². The second kappa shape index (κ2) is 10.8. The van der Waals surface area contributed by atoms with Gasteiger partial charge in [-0.15, -0.1) is 0 Å². The van der Waals surface area contributed by atoms with Crippen LogP contribution >= 0.6 is 0 Å². The summed E-state index contributed by atoms with van der Waals surface area (Å²) in [4.78, 5) is 13.4. The van der Waals surface area contributed by atoms with Crippen LogP contribution in [0.4, 0.5) is 5.69 Å². The summed E-state index contributed by atoms with van der Waals surface area (Å²) in [6.45, 7) is 2.75. The first kappa shape index (κ1) is 23.3. The van der Waals surface area contributed by atoms with Gasteiger partial charge in [-0.3, -0.25) is 9.48 Å². The number of carbonyl (C=O) groups is 1. The van der Waals surface area contributed by atoms with Crippen molar-refractivity contribution in [1.29, 1.82) is 0 Å². The molecule has 2 N–H and O–H groups in total. The smallest absolute Gasteiger partial charge is 0.246 e. The number of anilines is 1. The van der Waals surface area contributed by atoms with E-state index in [9.17, 15) is 4.79 Å². The van der Waals surface area contributed by atoms with Crippen molar-refractivity contribution in [2.24, 2.45) is 7.05 Å². The largest absolute Gasteiger partial charge is 0.495 e. The Bertz CT molecular complexity index is 1230. The van der Waals surface area contributed by atoms with Crippen LogP contribution < -0.4 is 15.4 Å². The highest BCUT2D eigenvalue weighted by atomic mass is 16.5. The summed E-state index contributed by atoms with van der Waals surface area (Å²) in [5.41, 5.74) is 5.97. The van der Waals surface area contributed by atoms with Gasteiger partial charge >= 0.3 is 0 Å². The van der Waals surface area contributed by atoms with Crippen molar-refractivity contribution in [3.63, 3.8) is 0 Å². The molecule has 0 saturated heterocycles. The molecule has 4 rings (SSSR count). The fraction of sp³-hybridized carbons (Fsp3) is 0.214. The number of hydrogen-bond donors (Lipinski definition) is 2. The maximum Gasteiger partial charge on any atom is 0.246 e. The third kappa shape index (κ3) is 5.71. The van der Waals surface area contributed by atoms with Gasteiger partial charge in [0, 0.05) is 25.4 Å². The summed E-state index contributed by atoms with van der Waals surface area (Å²) in [6.07, 6.45) is 4.58. The van der Waals surface area contributed by atoms with Crippen molar-refractivity contribution in [3.05, 3.63) is 102 Å². The van der Waals surface area contributed by atoms with Crippen LogP contribution in [-0.2, 0) is 18.3 Å². The van der Waals surface area contributed by atoms with Gasteiger partial charge in [-0.25, -0.2) is 0 Å². The van der Waals surface area contributed by atoms with E-state index < -0.39 is 6.04 Å². The zero-order valence-corrected chi connectivity index (χ0v) is 19.8. The molecule has 6 nitrogen and oxygen atoms in total. The van der Waals surface area contributed by atoms with Crippen molar-refractivity contribution >= 4 is 11.6 Å². The van der Waals surface area contributed by atoms with Crippen LogP contribution in [-0.4, -0.2) is 29.3 Å². The van der Waals surface area contributed by atoms with E-state index in [2.05, 4.69) is 46.9 Å². The van der Waals surface area contributed by atoms with Gasteiger partial charge in [0.05, 0.1) is 19.0 Å². The predicted octanol–water partition coefficient (Wildman–Crippen LogP) is 4.92. The SMILES string of the molecule is COc1cc(-c2cnn(C)c2)ccc1NC(=O)[C@@H](NCCc1ccc(C)cc1)c1ccccc1. The molecule has 1 amide bonds. The van der Waals surface area contributed by atoms with E-state index in [0.29, 0.717) is 18.0 Å². The average molecular weight is 455 g/mol. The van der Waals surface area contributed by atoms with Gasteiger partial charge in [0.25, 0.3) is 0 Å². The molecule has 0 aliphatic carbocycles. The molecule has 4 aromatic rings. The van der Waals surface area contributed by atoms with Crippen LogP contribution in [0.5, 0.6) is 5.75 Å². The molecule has 1 aromatic heterocycles. The lowest BCUT2D eigenvalue weighted by Gasteiger charge is -2.20. The van der Waals surface area contributed by atoms with Crippen molar-refractivity contribution in [2.45, 2.75) is 19.4 Å². The van der Waals surface area contributed by atoms with E-state index in [1.807, 2.05) is 61.8 Å². The Morgan fingerprint density at radius 2 is 1.79 bits per heavy atom. The Balaban J connectivity index is 1.50. The van der Waals surface area contributed by atoms with Gasteiger partial charge < -0.3 is 15.4 Å². The predicted molar refractivity (Wildman–Crippen MR) is 136 cm³/mol. The van der Waals surface area contributed by atoms with Gasteiger partial charge in [-0.1, -0.05) is 66.2 Å². The minimum absolute atomic E-state index is 0.137. The summed E-state index contributed by atoms with van der Waals surface area (Å²) in [7, 11) is 3.48. The molecular weight excluding hydrogens is 424 g/mol. The number of nitrogens with zero attached hydrogens (tertiary/aromatic N) is 2. The molecule has 0 bridgehead atoms. The summed E-state index contributed by atoms with van der Waals surface area (Å²) in [5, 5.41) is 10.7. The number of hydrogen-bond acceptors (Lipinski definition) is 4. The maximum atomic E-state index is 13.4. The zero-order chi connectivity index (χ0) is 23.9. The molecule has 0 fully saturated rings. The standard InChI is InChI=1S/C28H30N4O2/c1-20-9-11-21(12-10-20)15-16-29-27(22-7-5-4-6-8-22)28(33)31-25-14-13-23(17-26(25)34-3)24-18-30-32(2)19-24/h4-14,17-19,27,29H,15-16H2,1-3H3,(H,31,33)/t27-/m0/s1. The fourth-order valence-electron chi connectivity index (χ4n) is 3.87. The fourth-order valence-corrected chi connectivity index (χ4v) is 3.87. The number of aromatic nitrogens is 2. The number of ether oxygens (including phenoxy) is 1. The summed E-state index contributed by atoms with van der Waals surface area (Å²) in [6, 6.07) is 23.5. The van der Waals surface area contributed by atoms with Crippen molar-refractivity contribution in [2.75, 3.05) is 19.0 Å². The minimum atomic E-state index is -0.491. The second-order valence-electron chi connectivity index (χ2n) is 8.34. The molecule has 0 aliphatic rings. The molecule has 0 spiro atoms. The lowest BCUT2D eigenvalue weighted by molar-refractivity contribution is -0.118. The van der Waals surface area contributed by atoms with E-state index in [1.54, 1.807) is 18.0 Å². The van der Waals surface area contributed by atoms with E-state index in [-0.39, 0.29) is 5.91 Å². The summed E-state index contributed by atoms with van der Waals surface area (Å²) in [5.74, 6) is 0.462. The third-order valence-corrected chi connectivity index (χ3v) is 5.78. The molecule has 0 unspecified atom stereocenters. The third-order valence-electron chi connectivity index (χ3n) is 5.78. The number of aryl methyl sites for hydroxylation is 2. The molecule has 0 aliphatic heterocycles. The van der Waals surface area contributed by atoms with Gasteiger partial charge in [0.2, 0.25) is 5.91 Å². The molecule has 1 heterocycles. The maximum absolute atomic E-state index is 13.4. The highest BCUT2D eigenvalue weighted by molar-refractivity contribution is 5.97. The normalized spacial score (nSPS) is 11.7. The van der Waals surface area contributed by atoms with Gasteiger partial charge in [-0.05, 0) is 42.2 Å². The Labute approximate surface area is 200 Å². The first-order valence-electron chi connectivity index (χ1n) is 11.4. The topological polar surface area (TPSA) is 68.2 Å². The van der Waals surface area contributed by atoms with E-state index in [1.165, 1.54) is 11.1 Å². The van der Waals surface area contributed by atoms with Crippen LogP contribution in [0, 0.1) is 6.92 Å². The van der Waals surface area contributed by atoms with Crippen molar-refractivity contribution in [3.8, 4) is 16.9 Å². The molecule has 174 valence electrons. The van der Waals surface area contributed by atoms with Crippen LogP contribution in [0.1, 0.15) is 22.7 Å². The number of nitrogens with one attached hydrogen (secondary N) is 2. The molecule has 0 radical (unpaired) electrons. The molecule has 1 atom stereocenters. The van der Waals surface area contributed by atoms with Crippen LogP contribution in [0.2, 0.25) is 0 Å². The Hall–Kier alpha value is -3.90. The molecule has 6 heteroatoms. The van der Waals surface area contributed by atoms with Crippen LogP contribution in [0.3, 0.4) is 0 Å². The summed E-state index contributed by atoms with van der Waals surface area (Å²) < 4.78 is 7.34. The first-order valence-corrected chi connectivity index (χ1v) is 11.4. The monoisotopic (exact) mass is 454 g/mol. The van der Waals surface area contributed by atoms with Crippen molar-refractivity contribution < 1.29 is 9.53 Å². The average Bonchev–Trinajstić information content (AvgIpc) is 3.30. The van der Waals surface area contributed by atoms with Crippen molar-refractivity contribution in [1.82, 2.24) is 15.1 Å². The van der Waals surface area contributed by atoms with Gasteiger partial charge in [0.15, 0.2) is 0 Å². The van der Waals surface area contributed by atoms with Gasteiger partial charge in [-0.2, -0.15) is 5.10 Å². The Morgan fingerprint density at radius 1 is 1.03 bits per heavy atom. The zero-order valence-electron chi connectivity index (χ0n) is 19.8. The van der Waals surface area contributed by atoms with E-state index >= 15 is 0 Å². The molecule has 3 aromatic carbocycles. The highest BCUT2D eigenvalue weighted by Crippen LogP contribution is 2.31. The molecule has 0 saturated carbocycles. The second-order valence-corrected chi connectivity index (χ2v) is 8.34. The van der Waals surface area contributed by atoms with Crippen LogP contribution in [0.25, 0.3) is 11.1 Å². The number of amides is 1. The quantitative estimate of drug-likeness (QED) is 0.377. The number of carbonyl (C=O) groups excluding carboxylic acids is 1. The molecular formula is C28H30N4O2. The van der Waals surface area contributed by atoms with E-state index in [4.69, 9.17) is 4.74 Å². The lowest BCUT2D eigenvalue weighted by Crippen LogP contribution is -2.34. The Morgan fingerprint density at radius 3 is 2.47 bits per heavy atom. The minimum Gasteiger partial charge on any atom is -0.495 e. The number of methoxy groups -OCH3 is 1. The number of rotatable bonds is 9. The highest BCUT2D eigenvalue weighted by Gasteiger charge is 2.21.